The Bertz CT molecular complexity index is 524. The van der Waals surface area contributed by atoms with Crippen LogP contribution in [0.15, 0.2) is 42.6 Å². The van der Waals surface area contributed by atoms with Crippen LogP contribution in [0.1, 0.15) is 11.1 Å². The molecule has 0 saturated carbocycles. The minimum absolute atomic E-state index is 0.779. The fourth-order valence-electron chi connectivity index (χ4n) is 2.50. The quantitative estimate of drug-likeness (QED) is 0.830. The molecule has 2 aromatic rings. The molecule has 2 heterocycles. The van der Waals surface area contributed by atoms with Crippen molar-refractivity contribution in [2.45, 2.75) is 12.8 Å². The molecular weight excluding hydrogens is 222 g/mol. The predicted molar refractivity (Wildman–Crippen MR) is 74.7 cm³/mol. The van der Waals surface area contributed by atoms with Crippen molar-refractivity contribution < 1.29 is 0 Å². The molecule has 1 aromatic heterocycles. The lowest BCUT2D eigenvalue weighted by atomic mass is 10.0. The fraction of sp³-hybridized carbons (Fsp3) is 0.267. The molecule has 0 spiro atoms. The van der Waals surface area contributed by atoms with Gasteiger partial charge in [0.25, 0.3) is 0 Å². The SMILES string of the molecule is Nc1ccnc(N2CCc3ccccc3CC2)c1. The normalized spacial score (nSPS) is 15.0. The summed E-state index contributed by atoms with van der Waals surface area (Å²) in [4.78, 5) is 6.73. The van der Waals surface area contributed by atoms with Gasteiger partial charge in [-0.15, -0.1) is 0 Å². The number of hydrogen-bond donors (Lipinski definition) is 1. The second-order valence-electron chi connectivity index (χ2n) is 4.70. The summed E-state index contributed by atoms with van der Waals surface area (Å²) >= 11 is 0. The molecule has 0 amide bonds. The van der Waals surface area contributed by atoms with Gasteiger partial charge in [0.05, 0.1) is 0 Å². The monoisotopic (exact) mass is 239 g/mol. The first-order valence-electron chi connectivity index (χ1n) is 6.36. The summed E-state index contributed by atoms with van der Waals surface area (Å²) in [5.41, 5.74) is 9.53. The van der Waals surface area contributed by atoms with E-state index >= 15 is 0 Å². The molecule has 0 bridgehead atoms. The third kappa shape index (κ3) is 2.16. The number of nitrogen functional groups attached to an aromatic ring is 1. The molecule has 0 radical (unpaired) electrons. The summed E-state index contributed by atoms with van der Waals surface area (Å²) in [5.74, 6) is 0.989. The van der Waals surface area contributed by atoms with E-state index in [1.54, 1.807) is 6.20 Å². The van der Waals surface area contributed by atoms with Crippen molar-refractivity contribution in [3.05, 3.63) is 53.7 Å². The lowest BCUT2D eigenvalue weighted by Gasteiger charge is -2.21. The number of benzene rings is 1. The first-order valence-corrected chi connectivity index (χ1v) is 6.36. The molecule has 0 fully saturated rings. The van der Waals surface area contributed by atoms with Gasteiger partial charge in [-0.3, -0.25) is 0 Å². The molecule has 92 valence electrons. The van der Waals surface area contributed by atoms with E-state index in [0.29, 0.717) is 0 Å². The van der Waals surface area contributed by atoms with E-state index in [4.69, 9.17) is 5.73 Å². The Kier molecular flexibility index (Phi) is 2.89. The van der Waals surface area contributed by atoms with Crippen LogP contribution in [-0.4, -0.2) is 18.1 Å². The lowest BCUT2D eigenvalue weighted by Crippen LogP contribution is -2.26. The number of fused-ring (bicyclic) bond motifs is 1. The van der Waals surface area contributed by atoms with Crippen molar-refractivity contribution in [1.82, 2.24) is 4.98 Å². The molecule has 0 aliphatic carbocycles. The van der Waals surface area contributed by atoms with Gasteiger partial charge in [0.15, 0.2) is 0 Å². The molecule has 0 unspecified atom stereocenters. The minimum Gasteiger partial charge on any atom is -0.399 e. The second kappa shape index (κ2) is 4.69. The molecule has 1 aliphatic heterocycles. The van der Waals surface area contributed by atoms with Crippen LogP contribution in [0.2, 0.25) is 0 Å². The third-order valence-corrected chi connectivity index (χ3v) is 3.51. The van der Waals surface area contributed by atoms with E-state index in [2.05, 4.69) is 34.1 Å². The van der Waals surface area contributed by atoms with Crippen LogP contribution in [-0.2, 0) is 12.8 Å². The highest BCUT2D eigenvalue weighted by Gasteiger charge is 2.14. The Labute approximate surface area is 107 Å². The number of aromatic nitrogens is 1. The average Bonchev–Trinajstić information content (AvgIpc) is 2.61. The van der Waals surface area contributed by atoms with Gasteiger partial charge >= 0.3 is 0 Å². The Morgan fingerprint density at radius 3 is 2.28 bits per heavy atom. The standard InChI is InChI=1S/C15H17N3/c16-14-5-8-17-15(11-14)18-9-6-12-3-1-2-4-13(12)7-10-18/h1-5,8,11H,6-7,9-10H2,(H2,16,17). The van der Waals surface area contributed by atoms with Crippen molar-refractivity contribution in [1.29, 1.82) is 0 Å². The summed E-state index contributed by atoms with van der Waals surface area (Å²) < 4.78 is 0. The predicted octanol–water partition coefficient (Wildman–Crippen LogP) is 2.27. The highest BCUT2D eigenvalue weighted by Crippen LogP contribution is 2.20. The van der Waals surface area contributed by atoms with E-state index in [1.807, 2.05) is 12.1 Å². The molecule has 0 atom stereocenters. The summed E-state index contributed by atoms with van der Waals surface area (Å²) in [7, 11) is 0. The largest absolute Gasteiger partial charge is 0.399 e. The fourth-order valence-corrected chi connectivity index (χ4v) is 2.50. The van der Waals surface area contributed by atoms with E-state index in [9.17, 15) is 0 Å². The van der Waals surface area contributed by atoms with Gasteiger partial charge in [0, 0.05) is 31.0 Å². The number of hydrogen-bond acceptors (Lipinski definition) is 3. The molecule has 3 heteroatoms. The number of nitrogens with two attached hydrogens (primary N) is 1. The van der Waals surface area contributed by atoms with Gasteiger partial charge in [-0.05, 0) is 30.0 Å². The van der Waals surface area contributed by atoms with E-state index in [0.717, 1.165) is 37.4 Å². The highest BCUT2D eigenvalue weighted by atomic mass is 15.2. The molecule has 1 aromatic carbocycles. The van der Waals surface area contributed by atoms with Crippen LogP contribution >= 0.6 is 0 Å². The van der Waals surface area contributed by atoms with Gasteiger partial charge in [-0.1, -0.05) is 24.3 Å². The van der Waals surface area contributed by atoms with Crippen LogP contribution in [0.25, 0.3) is 0 Å². The summed E-state index contributed by atoms with van der Waals surface area (Å²) in [5, 5.41) is 0. The summed E-state index contributed by atoms with van der Waals surface area (Å²) in [6.45, 7) is 2.01. The zero-order valence-corrected chi connectivity index (χ0v) is 10.3. The summed E-state index contributed by atoms with van der Waals surface area (Å²) in [6.07, 6.45) is 3.93. The van der Waals surface area contributed by atoms with Crippen molar-refractivity contribution in [2.75, 3.05) is 23.7 Å². The molecule has 3 rings (SSSR count). The van der Waals surface area contributed by atoms with Crippen molar-refractivity contribution in [3.63, 3.8) is 0 Å². The number of nitrogens with zero attached hydrogens (tertiary/aromatic N) is 2. The van der Waals surface area contributed by atoms with Gasteiger partial charge in [0.1, 0.15) is 5.82 Å². The zero-order chi connectivity index (χ0) is 12.4. The molecular formula is C15H17N3. The number of anilines is 2. The number of pyridine rings is 1. The summed E-state index contributed by atoms with van der Waals surface area (Å²) in [6, 6.07) is 12.5. The molecule has 1 aliphatic rings. The molecule has 0 saturated heterocycles. The minimum atomic E-state index is 0.779. The topological polar surface area (TPSA) is 42.1 Å². The van der Waals surface area contributed by atoms with Gasteiger partial charge in [0.2, 0.25) is 0 Å². The molecule has 3 nitrogen and oxygen atoms in total. The molecule has 18 heavy (non-hydrogen) atoms. The Morgan fingerprint density at radius 2 is 1.67 bits per heavy atom. The number of rotatable bonds is 1. The maximum Gasteiger partial charge on any atom is 0.130 e. The molecule has 2 N–H and O–H groups in total. The first kappa shape index (κ1) is 11.1. The Hall–Kier alpha value is -2.03. The van der Waals surface area contributed by atoms with Crippen LogP contribution in [0.5, 0.6) is 0 Å². The smallest absolute Gasteiger partial charge is 0.130 e. The van der Waals surface area contributed by atoms with Crippen molar-refractivity contribution >= 4 is 11.5 Å². The van der Waals surface area contributed by atoms with Crippen LogP contribution in [0, 0.1) is 0 Å². The van der Waals surface area contributed by atoms with Crippen LogP contribution in [0.4, 0.5) is 11.5 Å². The zero-order valence-electron chi connectivity index (χ0n) is 10.3. The Balaban J connectivity index is 1.83. The van der Waals surface area contributed by atoms with Crippen LogP contribution in [0.3, 0.4) is 0 Å². The maximum absolute atomic E-state index is 5.82. The first-order chi connectivity index (χ1) is 8.83. The second-order valence-corrected chi connectivity index (χ2v) is 4.70. The van der Waals surface area contributed by atoms with Gasteiger partial charge in [-0.2, -0.15) is 0 Å². The third-order valence-electron chi connectivity index (χ3n) is 3.51. The van der Waals surface area contributed by atoms with Gasteiger partial charge in [-0.25, -0.2) is 4.98 Å². The van der Waals surface area contributed by atoms with E-state index in [1.165, 1.54) is 11.1 Å². The van der Waals surface area contributed by atoms with Crippen LogP contribution < -0.4 is 10.6 Å². The van der Waals surface area contributed by atoms with E-state index < -0.39 is 0 Å². The van der Waals surface area contributed by atoms with Crippen molar-refractivity contribution in [2.24, 2.45) is 0 Å². The maximum atomic E-state index is 5.82. The average molecular weight is 239 g/mol. The van der Waals surface area contributed by atoms with Gasteiger partial charge < -0.3 is 10.6 Å². The van der Waals surface area contributed by atoms with E-state index in [-0.39, 0.29) is 0 Å². The lowest BCUT2D eigenvalue weighted by molar-refractivity contribution is 0.791. The van der Waals surface area contributed by atoms with Crippen molar-refractivity contribution in [3.8, 4) is 0 Å². The highest BCUT2D eigenvalue weighted by molar-refractivity contribution is 5.51. The Morgan fingerprint density at radius 1 is 1.00 bits per heavy atom.